The van der Waals surface area contributed by atoms with E-state index in [9.17, 15) is 9.18 Å². The van der Waals surface area contributed by atoms with Gasteiger partial charge in [-0.25, -0.2) is 14.6 Å². The van der Waals surface area contributed by atoms with Gasteiger partial charge in [0.15, 0.2) is 0 Å². The van der Waals surface area contributed by atoms with Crippen molar-refractivity contribution in [3.05, 3.63) is 35.6 Å². The van der Waals surface area contributed by atoms with E-state index in [1.54, 1.807) is 5.01 Å². The molecular weight excluding hydrogens is 273 g/mol. The summed E-state index contributed by atoms with van der Waals surface area (Å²) in [5.41, 5.74) is 4.18. The summed E-state index contributed by atoms with van der Waals surface area (Å²) in [5, 5.41) is 4.60. The zero-order valence-corrected chi connectivity index (χ0v) is 11.8. The van der Waals surface area contributed by atoms with Gasteiger partial charge in [0.25, 0.3) is 0 Å². The highest BCUT2D eigenvalue weighted by Crippen LogP contribution is 2.36. The maximum absolute atomic E-state index is 12.9. The van der Waals surface area contributed by atoms with E-state index in [-0.39, 0.29) is 17.9 Å². The van der Waals surface area contributed by atoms with Gasteiger partial charge in [-0.2, -0.15) is 0 Å². The lowest BCUT2D eigenvalue weighted by Gasteiger charge is -2.37. The van der Waals surface area contributed by atoms with Crippen LogP contribution in [-0.2, 0) is 4.74 Å². The number of urea groups is 1. The molecule has 2 fully saturated rings. The predicted octanol–water partition coefficient (Wildman–Crippen LogP) is 1.62. The van der Waals surface area contributed by atoms with Crippen LogP contribution in [0.3, 0.4) is 0 Å². The minimum Gasteiger partial charge on any atom is -0.378 e. The van der Waals surface area contributed by atoms with Crippen molar-refractivity contribution >= 4 is 6.03 Å². The molecule has 0 unspecified atom stereocenters. The molecule has 2 N–H and O–H groups in total. The largest absolute Gasteiger partial charge is 0.378 e. The monoisotopic (exact) mass is 293 g/mol. The predicted molar refractivity (Wildman–Crippen MR) is 76.2 cm³/mol. The SMILES string of the molecule is O=C(NC1CC(c2ccc(F)cc2)C1)N1CCOCCN1. The first-order valence-electron chi connectivity index (χ1n) is 7.37. The minimum atomic E-state index is -0.211. The second-order valence-corrected chi connectivity index (χ2v) is 5.54. The van der Waals surface area contributed by atoms with E-state index in [0.29, 0.717) is 32.2 Å². The van der Waals surface area contributed by atoms with Crippen molar-refractivity contribution in [3.63, 3.8) is 0 Å². The molecule has 1 heterocycles. The summed E-state index contributed by atoms with van der Waals surface area (Å²) < 4.78 is 18.2. The standard InChI is InChI=1S/C15H20FN3O2/c16-13-3-1-11(2-4-13)12-9-14(10-12)18-15(20)19-6-8-21-7-5-17-19/h1-4,12,14,17H,5-10H2,(H,18,20). The van der Waals surface area contributed by atoms with E-state index in [1.807, 2.05) is 12.1 Å². The van der Waals surface area contributed by atoms with Crippen molar-refractivity contribution in [2.75, 3.05) is 26.3 Å². The second kappa shape index (κ2) is 6.41. The Morgan fingerprint density at radius 2 is 2.05 bits per heavy atom. The van der Waals surface area contributed by atoms with Crippen molar-refractivity contribution in [1.82, 2.24) is 15.8 Å². The van der Waals surface area contributed by atoms with Crippen molar-refractivity contribution in [2.45, 2.75) is 24.8 Å². The first-order valence-corrected chi connectivity index (χ1v) is 7.37. The summed E-state index contributed by atoms with van der Waals surface area (Å²) in [6, 6.07) is 6.73. The normalized spacial score (nSPS) is 25.9. The molecule has 0 atom stereocenters. The van der Waals surface area contributed by atoms with E-state index >= 15 is 0 Å². The van der Waals surface area contributed by atoms with Gasteiger partial charge in [0, 0.05) is 12.6 Å². The molecule has 114 valence electrons. The van der Waals surface area contributed by atoms with Crippen LogP contribution >= 0.6 is 0 Å². The maximum atomic E-state index is 12.9. The highest BCUT2D eigenvalue weighted by molar-refractivity contribution is 5.74. The number of carbonyl (C=O) groups is 1. The Morgan fingerprint density at radius 1 is 1.29 bits per heavy atom. The van der Waals surface area contributed by atoms with Gasteiger partial charge in [-0.3, -0.25) is 5.01 Å². The molecule has 1 aliphatic carbocycles. The Morgan fingerprint density at radius 3 is 2.81 bits per heavy atom. The lowest BCUT2D eigenvalue weighted by molar-refractivity contribution is 0.139. The zero-order chi connectivity index (χ0) is 14.7. The lowest BCUT2D eigenvalue weighted by atomic mass is 9.76. The number of hydrazine groups is 1. The molecule has 1 saturated heterocycles. The van der Waals surface area contributed by atoms with E-state index in [4.69, 9.17) is 4.74 Å². The van der Waals surface area contributed by atoms with Gasteiger partial charge >= 0.3 is 6.03 Å². The number of halogens is 1. The van der Waals surface area contributed by atoms with Gasteiger partial charge in [0.2, 0.25) is 0 Å². The molecule has 0 aromatic heterocycles. The molecule has 1 aliphatic heterocycles. The van der Waals surface area contributed by atoms with E-state index in [2.05, 4.69) is 10.7 Å². The van der Waals surface area contributed by atoms with Crippen LogP contribution in [0.4, 0.5) is 9.18 Å². The number of carbonyl (C=O) groups excluding carboxylic acids is 1. The zero-order valence-electron chi connectivity index (χ0n) is 11.8. The first kappa shape index (κ1) is 14.3. The third-order valence-corrected chi connectivity index (χ3v) is 4.06. The Kier molecular flexibility index (Phi) is 4.36. The summed E-state index contributed by atoms with van der Waals surface area (Å²) >= 11 is 0. The quantitative estimate of drug-likeness (QED) is 0.871. The molecular formula is C15H20FN3O2. The highest BCUT2D eigenvalue weighted by atomic mass is 19.1. The average Bonchev–Trinajstić information content (AvgIpc) is 2.72. The van der Waals surface area contributed by atoms with E-state index in [1.165, 1.54) is 12.1 Å². The van der Waals surface area contributed by atoms with Crippen molar-refractivity contribution in [3.8, 4) is 0 Å². The van der Waals surface area contributed by atoms with Crippen LogP contribution in [-0.4, -0.2) is 43.4 Å². The minimum absolute atomic E-state index is 0.0944. The van der Waals surface area contributed by atoms with Gasteiger partial charge in [-0.15, -0.1) is 0 Å². The van der Waals surface area contributed by atoms with Crippen LogP contribution in [0.5, 0.6) is 0 Å². The van der Waals surface area contributed by atoms with Crippen LogP contribution in [0.15, 0.2) is 24.3 Å². The topological polar surface area (TPSA) is 53.6 Å². The lowest BCUT2D eigenvalue weighted by Crippen LogP contribution is -2.54. The number of amides is 2. The number of ether oxygens (including phenoxy) is 1. The van der Waals surface area contributed by atoms with Gasteiger partial charge in [0.1, 0.15) is 5.82 Å². The van der Waals surface area contributed by atoms with Crippen molar-refractivity contribution in [2.24, 2.45) is 0 Å². The Bertz CT molecular complexity index is 480. The van der Waals surface area contributed by atoms with Gasteiger partial charge < -0.3 is 10.1 Å². The third-order valence-electron chi connectivity index (χ3n) is 4.06. The van der Waals surface area contributed by atoms with Crippen molar-refractivity contribution < 1.29 is 13.9 Å². The maximum Gasteiger partial charge on any atom is 0.332 e. The summed E-state index contributed by atoms with van der Waals surface area (Å²) in [4.78, 5) is 12.1. The molecule has 2 aliphatic rings. The number of hydrogen-bond acceptors (Lipinski definition) is 3. The number of nitrogens with zero attached hydrogens (tertiary/aromatic N) is 1. The summed E-state index contributed by atoms with van der Waals surface area (Å²) in [7, 11) is 0. The molecule has 2 amide bonds. The smallest absolute Gasteiger partial charge is 0.332 e. The van der Waals surface area contributed by atoms with Gasteiger partial charge in [0.05, 0.1) is 19.8 Å². The van der Waals surface area contributed by atoms with Crippen LogP contribution in [0.2, 0.25) is 0 Å². The molecule has 0 spiro atoms. The molecule has 1 aromatic carbocycles. The van der Waals surface area contributed by atoms with Crippen LogP contribution < -0.4 is 10.7 Å². The second-order valence-electron chi connectivity index (χ2n) is 5.54. The molecule has 1 saturated carbocycles. The highest BCUT2D eigenvalue weighted by Gasteiger charge is 2.32. The fraction of sp³-hybridized carbons (Fsp3) is 0.533. The summed E-state index contributed by atoms with van der Waals surface area (Å²) in [5.74, 6) is 0.203. The molecule has 1 aromatic rings. The molecule has 5 nitrogen and oxygen atoms in total. The molecule has 0 radical (unpaired) electrons. The van der Waals surface area contributed by atoms with Gasteiger partial charge in [-0.05, 0) is 36.5 Å². The first-order chi connectivity index (χ1) is 10.2. The summed E-state index contributed by atoms with van der Waals surface area (Å²) in [6.07, 6.45) is 1.81. The molecule has 21 heavy (non-hydrogen) atoms. The Labute approximate surface area is 123 Å². The van der Waals surface area contributed by atoms with Crippen LogP contribution in [0.25, 0.3) is 0 Å². The third kappa shape index (κ3) is 3.51. The van der Waals surface area contributed by atoms with E-state index in [0.717, 1.165) is 18.4 Å². The summed E-state index contributed by atoms with van der Waals surface area (Å²) in [6.45, 7) is 2.39. The number of rotatable bonds is 2. The number of benzene rings is 1. The number of hydrogen-bond donors (Lipinski definition) is 2. The molecule has 3 rings (SSSR count). The molecule has 0 bridgehead atoms. The fourth-order valence-corrected chi connectivity index (χ4v) is 2.76. The van der Waals surface area contributed by atoms with Gasteiger partial charge in [-0.1, -0.05) is 12.1 Å². The number of nitrogens with one attached hydrogen (secondary N) is 2. The van der Waals surface area contributed by atoms with Crippen molar-refractivity contribution in [1.29, 1.82) is 0 Å². The molecule has 6 heteroatoms. The fourth-order valence-electron chi connectivity index (χ4n) is 2.76. The van der Waals surface area contributed by atoms with Crippen LogP contribution in [0, 0.1) is 5.82 Å². The Balaban J connectivity index is 1.45. The van der Waals surface area contributed by atoms with E-state index < -0.39 is 0 Å². The Hall–Kier alpha value is -1.66. The average molecular weight is 293 g/mol. The van der Waals surface area contributed by atoms with Crippen LogP contribution in [0.1, 0.15) is 24.3 Å².